The van der Waals surface area contributed by atoms with Gasteiger partial charge < -0.3 is 4.42 Å². The molecule has 1 nitrogen and oxygen atoms in total. The third-order valence-electron chi connectivity index (χ3n) is 11.3. The molecule has 1 aliphatic rings. The van der Waals surface area contributed by atoms with Crippen LogP contribution in [0.25, 0.3) is 99.4 Å². The van der Waals surface area contributed by atoms with Crippen LogP contribution < -0.4 is 10.4 Å². The van der Waals surface area contributed by atoms with Crippen molar-refractivity contribution in [1.29, 1.82) is 0 Å². The molecule has 1 aliphatic carbocycles. The summed E-state index contributed by atoms with van der Waals surface area (Å²) >= 11 is 0. The lowest BCUT2D eigenvalue weighted by molar-refractivity contribution is -0.301. The maximum Gasteiger partial charge on any atom is 0.380 e. The van der Waals surface area contributed by atoms with E-state index in [9.17, 15) is 0 Å². The summed E-state index contributed by atoms with van der Waals surface area (Å²) in [7, 11) is 0. The van der Waals surface area contributed by atoms with Crippen molar-refractivity contribution in [2.45, 2.75) is 24.7 Å². The van der Waals surface area contributed by atoms with E-state index in [-0.39, 0.29) is 21.5 Å². The molecule has 0 spiro atoms. The van der Waals surface area contributed by atoms with Crippen LogP contribution >= 0.6 is 0 Å². The highest BCUT2D eigenvalue weighted by molar-refractivity contribution is 6.16. The molecule has 268 valence electrons. The van der Waals surface area contributed by atoms with Gasteiger partial charge in [0.05, 0.1) is 0 Å². The lowest BCUT2D eigenvalue weighted by atomic mass is 9.87. The van der Waals surface area contributed by atoms with Gasteiger partial charge in [0.15, 0.2) is 0 Å². The number of fused-ring (bicyclic) bond motifs is 12. The number of hydrogen-bond donors (Lipinski definition) is 0. The van der Waals surface area contributed by atoms with Gasteiger partial charge in [-0.05, 0) is 101 Å². The molecule has 0 aliphatic heterocycles. The quantitative estimate of drug-likeness (QED) is 0.130. The van der Waals surface area contributed by atoms with Crippen molar-refractivity contribution in [3.05, 3.63) is 156 Å². The minimum absolute atomic E-state index is 0.150. The van der Waals surface area contributed by atoms with Crippen LogP contribution in [0.1, 0.15) is 18.1 Å². The Kier molecular flexibility index (Phi) is 6.85. The van der Waals surface area contributed by atoms with Crippen LogP contribution in [0.5, 0.6) is 0 Å². The first-order valence-corrected chi connectivity index (χ1v) is 17.8. The first-order valence-electron chi connectivity index (χ1n) is 17.8. The van der Waals surface area contributed by atoms with Gasteiger partial charge in [-0.15, -0.1) is 0 Å². The average molecular weight is 735 g/mol. The normalized spacial score (nSPS) is 16.6. The van der Waals surface area contributed by atoms with Gasteiger partial charge in [-0.25, -0.2) is 0 Å². The molecular formula is C48H28F6O. The zero-order valence-electron chi connectivity index (χ0n) is 29.2. The first-order chi connectivity index (χ1) is 26.5. The first kappa shape index (κ1) is 33.2. The number of furan rings is 1. The Bertz CT molecular complexity index is 3280. The van der Waals surface area contributed by atoms with Crippen LogP contribution in [0.15, 0.2) is 138 Å². The molecule has 0 bridgehead atoms. The van der Waals surface area contributed by atoms with Crippen LogP contribution in [0.4, 0.5) is 26.3 Å². The highest BCUT2D eigenvalue weighted by atomic mass is 19.3. The number of para-hydroxylation sites is 2. The van der Waals surface area contributed by atoms with E-state index in [0.29, 0.717) is 33.4 Å². The Morgan fingerprint density at radius 2 is 1.02 bits per heavy atom. The second kappa shape index (κ2) is 11.3. The molecule has 0 amide bonds. The average Bonchev–Trinajstić information content (AvgIpc) is 3.63. The van der Waals surface area contributed by atoms with E-state index in [1.54, 1.807) is 24.3 Å². The number of alkyl halides is 6. The van der Waals surface area contributed by atoms with E-state index < -0.39 is 28.9 Å². The van der Waals surface area contributed by atoms with E-state index in [2.05, 4.69) is 6.58 Å². The second-order valence-electron chi connectivity index (χ2n) is 14.1. The molecule has 0 atom stereocenters. The maximum atomic E-state index is 15.9. The Morgan fingerprint density at radius 3 is 1.75 bits per heavy atom. The van der Waals surface area contributed by atoms with E-state index in [1.807, 2.05) is 104 Å². The van der Waals surface area contributed by atoms with E-state index in [1.165, 1.54) is 18.2 Å². The van der Waals surface area contributed by atoms with Crippen LogP contribution in [0, 0.1) is 0 Å². The summed E-state index contributed by atoms with van der Waals surface area (Å²) in [6.45, 7) is 5.86. The molecule has 0 unspecified atom stereocenters. The molecule has 9 aromatic rings. The molecule has 0 radical (unpaired) electrons. The Hall–Kier alpha value is -6.34. The summed E-state index contributed by atoms with van der Waals surface area (Å²) in [6, 6.07) is 35.7. The second-order valence-corrected chi connectivity index (χ2v) is 14.1. The van der Waals surface area contributed by atoms with Gasteiger partial charge in [0, 0.05) is 27.5 Å². The molecular weight excluding hydrogens is 707 g/mol. The molecule has 0 saturated carbocycles. The number of allylic oxidation sites excluding steroid dienone is 1. The number of benzene rings is 8. The standard InChI is InChI=1S/C48H28F6O/c1-3-10-31-29(4-2)32-11-5-6-12-33(32)39-23-26(17-20-34(31)39)27-18-21-35-40-25-28(30-14-9-15-38-36-13-7-8-16-42(36)55-45(30)38)19-22-37(40)43-44(41(35)24-27)47(51,52)48(53,54)46(43,49)50/h3-25H,1H2,2H3/b29-4+,31-10+. The fourth-order valence-electron chi connectivity index (χ4n) is 8.76. The topological polar surface area (TPSA) is 13.1 Å². The highest BCUT2D eigenvalue weighted by Gasteiger charge is 2.80. The van der Waals surface area contributed by atoms with Gasteiger partial charge in [-0.1, -0.05) is 122 Å². The van der Waals surface area contributed by atoms with Gasteiger partial charge in [0.25, 0.3) is 0 Å². The number of halogens is 6. The lowest BCUT2D eigenvalue weighted by Crippen LogP contribution is -2.43. The van der Waals surface area contributed by atoms with Crippen LogP contribution in [0.2, 0.25) is 0 Å². The van der Waals surface area contributed by atoms with Crippen molar-refractivity contribution < 1.29 is 30.8 Å². The zero-order chi connectivity index (χ0) is 38.0. The smallest absolute Gasteiger partial charge is 0.380 e. The molecule has 7 heteroatoms. The molecule has 1 aromatic heterocycles. The summed E-state index contributed by atoms with van der Waals surface area (Å²) in [5.74, 6) is -16.0. The van der Waals surface area contributed by atoms with Crippen molar-refractivity contribution in [1.82, 2.24) is 0 Å². The third kappa shape index (κ3) is 4.32. The summed E-state index contributed by atoms with van der Waals surface area (Å²) in [6.07, 6.45) is 5.68. The summed E-state index contributed by atoms with van der Waals surface area (Å²) < 4.78 is 101. The molecule has 0 fully saturated rings. The van der Waals surface area contributed by atoms with Gasteiger partial charge in [-0.2, -0.15) is 26.3 Å². The van der Waals surface area contributed by atoms with Gasteiger partial charge >= 0.3 is 17.8 Å². The molecule has 8 aromatic carbocycles. The largest absolute Gasteiger partial charge is 0.455 e. The van der Waals surface area contributed by atoms with Gasteiger partial charge in [-0.3, -0.25) is 0 Å². The number of rotatable bonds is 3. The van der Waals surface area contributed by atoms with E-state index >= 15 is 26.3 Å². The van der Waals surface area contributed by atoms with E-state index in [0.717, 1.165) is 42.8 Å². The number of hydrogen-bond acceptors (Lipinski definition) is 1. The minimum Gasteiger partial charge on any atom is -0.455 e. The third-order valence-corrected chi connectivity index (χ3v) is 11.3. The molecule has 0 N–H and O–H groups in total. The van der Waals surface area contributed by atoms with Gasteiger partial charge in [0.1, 0.15) is 11.2 Å². The Balaban J connectivity index is 1.27. The fourth-order valence-corrected chi connectivity index (χ4v) is 8.76. The van der Waals surface area contributed by atoms with Crippen LogP contribution in [-0.4, -0.2) is 5.92 Å². The SMILES string of the molecule is C=C/C=c1\c(=C/C)c2ccccc2c2cc(-c3ccc4c(c3)c3c(c5ccc(-c6cccc7c6oc6ccccc67)cc54)C(F)(F)C(F)(F)C3(F)F)ccc12. The lowest BCUT2D eigenvalue weighted by Gasteiger charge is -2.23. The van der Waals surface area contributed by atoms with Crippen LogP contribution in [-0.2, 0) is 11.8 Å². The van der Waals surface area contributed by atoms with E-state index in [4.69, 9.17) is 4.42 Å². The minimum atomic E-state index is -5.66. The van der Waals surface area contributed by atoms with Crippen molar-refractivity contribution in [3.8, 4) is 22.3 Å². The molecule has 0 saturated heterocycles. The Morgan fingerprint density at radius 1 is 0.491 bits per heavy atom. The molecule has 10 rings (SSSR count). The van der Waals surface area contributed by atoms with Crippen molar-refractivity contribution >= 4 is 77.2 Å². The zero-order valence-corrected chi connectivity index (χ0v) is 29.2. The summed E-state index contributed by atoms with van der Waals surface area (Å²) in [4.78, 5) is 0. The van der Waals surface area contributed by atoms with Crippen molar-refractivity contribution in [2.75, 3.05) is 0 Å². The van der Waals surface area contributed by atoms with Crippen LogP contribution in [0.3, 0.4) is 0 Å². The molecule has 55 heavy (non-hydrogen) atoms. The van der Waals surface area contributed by atoms with Crippen molar-refractivity contribution in [3.63, 3.8) is 0 Å². The van der Waals surface area contributed by atoms with Crippen molar-refractivity contribution in [2.24, 2.45) is 0 Å². The van der Waals surface area contributed by atoms with Gasteiger partial charge in [0.2, 0.25) is 0 Å². The fraction of sp³-hybridized carbons (Fsp3) is 0.0833. The summed E-state index contributed by atoms with van der Waals surface area (Å²) in [5, 5.41) is 7.07. The monoisotopic (exact) mass is 734 g/mol. The predicted octanol–water partition coefficient (Wildman–Crippen LogP) is 13.1. The predicted molar refractivity (Wildman–Crippen MR) is 211 cm³/mol. The summed E-state index contributed by atoms with van der Waals surface area (Å²) in [5.41, 5.74) is 0.731. The maximum absolute atomic E-state index is 15.9. The molecule has 1 heterocycles. The highest BCUT2D eigenvalue weighted by Crippen LogP contribution is 2.66. The Labute approximate surface area is 309 Å².